The Morgan fingerprint density at radius 1 is 1.36 bits per heavy atom. The lowest BCUT2D eigenvalue weighted by Crippen LogP contribution is -1.93. The molecule has 0 aromatic heterocycles. The van der Waals surface area contributed by atoms with Gasteiger partial charge < -0.3 is 10.2 Å². The highest BCUT2D eigenvalue weighted by Gasteiger charge is 1.93. The monoisotopic (exact) mass is 218 g/mol. The fourth-order valence-corrected chi connectivity index (χ4v) is 0.322. The van der Waals surface area contributed by atoms with E-state index in [0.717, 1.165) is 0 Å². The summed E-state index contributed by atoms with van der Waals surface area (Å²) in [5.74, 6) is -1.88. The van der Waals surface area contributed by atoms with Crippen molar-refractivity contribution in [2.24, 2.45) is 0 Å². The maximum atomic E-state index is 9.76. The van der Waals surface area contributed by atoms with Crippen LogP contribution in [0.3, 0.4) is 0 Å². The third-order valence-corrected chi connectivity index (χ3v) is 1.08. The molecule has 0 atom stereocenters. The van der Waals surface area contributed by atoms with Gasteiger partial charge in [-0.3, -0.25) is 4.79 Å². The van der Waals surface area contributed by atoms with Gasteiger partial charge in [0, 0.05) is 5.54 Å². The molecule has 14 heavy (non-hydrogen) atoms. The average Bonchev–Trinajstić information content (AvgIpc) is 2.14. The Hall–Kier alpha value is -1.55. The first-order valence-corrected chi connectivity index (χ1v) is 3.91. The fourth-order valence-electron chi connectivity index (χ4n) is 0.233. The van der Waals surface area contributed by atoms with Crippen LogP contribution in [0, 0.1) is 0 Å². The van der Waals surface area contributed by atoms with Gasteiger partial charge >= 0.3 is 11.9 Å². The van der Waals surface area contributed by atoms with Crippen LogP contribution in [0.25, 0.3) is 0 Å². The maximum absolute atomic E-state index is 9.76. The van der Waals surface area contributed by atoms with Crippen molar-refractivity contribution in [3.05, 3.63) is 36.4 Å². The molecule has 0 rings (SSSR count). The van der Waals surface area contributed by atoms with E-state index >= 15 is 0 Å². The van der Waals surface area contributed by atoms with Gasteiger partial charge in [0.05, 0.1) is 12.0 Å². The molecule has 0 unspecified atom stereocenters. The molecule has 0 spiro atoms. The maximum Gasteiger partial charge on any atom is 0.335 e. The van der Waals surface area contributed by atoms with E-state index in [0.29, 0.717) is 0 Å². The summed E-state index contributed by atoms with van der Waals surface area (Å²) < 4.78 is 0. The molecule has 0 radical (unpaired) electrons. The molecule has 0 aliphatic rings. The summed E-state index contributed by atoms with van der Waals surface area (Å²) in [6, 6.07) is 0. The number of aliphatic carboxylic acids is 2. The van der Waals surface area contributed by atoms with Gasteiger partial charge in [0.25, 0.3) is 0 Å². The molecule has 0 saturated carbocycles. The minimum absolute atomic E-state index is 0.00347. The van der Waals surface area contributed by atoms with Gasteiger partial charge in [0.15, 0.2) is 0 Å². The second kappa shape index (κ2) is 9.54. The number of halogens is 1. The molecule has 0 bridgehead atoms. The zero-order valence-electron chi connectivity index (χ0n) is 7.44. The zero-order valence-corrected chi connectivity index (χ0v) is 8.20. The second-order valence-corrected chi connectivity index (χ2v) is 2.25. The Kier molecular flexibility index (Phi) is 10.2. The van der Waals surface area contributed by atoms with Crippen molar-refractivity contribution < 1.29 is 19.8 Å². The SMILES string of the molecule is C=CC(=C)C(=O)O.O=C(O)CC=CCl. The van der Waals surface area contributed by atoms with Gasteiger partial charge in [-0.25, -0.2) is 4.79 Å². The summed E-state index contributed by atoms with van der Waals surface area (Å²) in [4.78, 5) is 19.4. The van der Waals surface area contributed by atoms with Crippen molar-refractivity contribution in [2.75, 3.05) is 0 Å². The Labute approximate surface area is 86.8 Å². The van der Waals surface area contributed by atoms with E-state index in [1.54, 1.807) is 0 Å². The van der Waals surface area contributed by atoms with E-state index < -0.39 is 11.9 Å². The minimum atomic E-state index is -1.02. The van der Waals surface area contributed by atoms with Gasteiger partial charge in [-0.2, -0.15) is 0 Å². The Balaban J connectivity index is 0. The predicted octanol–water partition coefficient (Wildman–Crippen LogP) is 2.03. The minimum Gasteiger partial charge on any atom is -0.481 e. The van der Waals surface area contributed by atoms with Crippen molar-refractivity contribution >= 4 is 23.5 Å². The molecule has 78 valence electrons. The number of hydrogen-bond donors (Lipinski definition) is 2. The van der Waals surface area contributed by atoms with E-state index in [9.17, 15) is 9.59 Å². The Morgan fingerprint density at radius 3 is 1.93 bits per heavy atom. The average molecular weight is 219 g/mol. The molecule has 0 aliphatic heterocycles. The van der Waals surface area contributed by atoms with Crippen LogP contribution in [0.4, 0.5) is 0 Å². The molecule has 0 aromatic rings. The lowest BCUT2D eigenvalue weighted by Gasteiger charge is -1.82. The molecule has 0 aromatic carbocycles. The molecule has 4 nitrogen and oxygen atoms in total. The number of carboxylic acid groups (broad SMARTS) is 2. The van der Waals surface area contributed by atoms with Crippen LogP contribution in [0.15, 0.2) is 36.4 Å². The summed E-state index contributed by atoms with van der Waals surface area (Å²) in [5.41, 5.74) is 1.22. The third-order valence-electron chi connectivity index (χ3n) is 0.903. The van der Waals surface area contributed by atoms with Crippen LogP contribution in [0.1, 0.15) is 6.42 Å². The first kappa shape index (κ1) is 14.9. The lowest BCUT2D eigenvalue weighted by atomic mass is 10.3. The summed E-state index contributed by atoms with van der Waals surface area (Å²) >= 11 is 5.00. The molecular formula is C9H11ClO4. The molecule has 5 heteroatoms. The summed E-state index contributed by atoms with van der Waals surface area (Å²) in [5, 5.41) is 15.9. The van der Waals surface area contributed by atoms with E-state index in [1.165, 1.54) is 17.7 Å². The van der Waals surface area contributed by atoms with Crippen LogP contribution < -0.4 is 0 Å². The van der Waals surface area contributed by atoms with Gasteiger partial charge in [-0.15, -0.1) is 0 Å². The van der Waals surface area contributed by atoms with Gasteiger partial charge in [-0.05, 0) is 0 Å². The van der Waals surface area contributed by atoms with Gasteiger partial charge in [0.1, 0.15) is 0 Å². The molecule has 0 amide bonds. The standard InChI is InChI=1S/C5H6O2.C4H5ClO2/c1-3-4(2)5(6)7;5-3-1-2-4(6)7/h3H,1-2H2,(H,6,7);1,3H,2H2,(H,6,7). The van der Waals surface area contributed by atoms with E-state index in [2.05, 4.69) is 13.2 Å². The van der Waals surface area contributed by atoms with Crippen molar-refractivity contribution in [3.63, 3.8) is 0 Å². The number of rotatable bonds is 4. The predicted molar refractivity (Wildman–Crippen MR) is 54.2 cm³/mol. The highest BCUT2D eigenvalue weighted by atomic mass is 35.5. The van der Waals surface area contributed by atoms with Crippen LogP contribution in [-0.2, 0) is 9.59 Å². The molecule has 0 heterocycles. The van der Waals surface area contributed by atoms with E-state index in [-0.39, 0.29) is 12.0 Å². The molecular weight excluding hydrogens is 208 g/mol. The summed E-state index contributed by atoms with van der Waals surface area (Å²) in [6.07, 6.45) is 2.57. The van der Waals surface area contributed by atoms with Crippen molar-refractivity contribution in [3.8, 4) is 0 Å². The topological polar surface area (TPSA) is 74.6 Å². The molecule has 2 N–H and O–H groups in total. The lowest BCUT2D eigenvalue weighted by molar-refractivity contribution is -0.136. The zero-order chi connectivity index (χ0) is 11.6. The van der Waals surface area contributed by atoms with Gasteiger partial charge in [0.2, 0.25) is 0 Å². The Morgan fingerprint density at radius 2 is 1.86 bits per heavy atom. The van der Waals surface area contributed by atoms with Gasteiger partial charge in [-0.1, -0.05) is 36.9 Å². The van der Waals surface area contributed by atoms with Crippen LogP contribution >= 0.6 is 11.6 Å². The second-order valence-electron chi connectivity index (χ2n) is 1.99. The van der Waals surface area contributed by atoms with E-state index in [1.807, 2.05) is 0 Å². The quantitative estimate of drug-likeness (QED) is 0.559. The summed E-state index contributed by atoms with van der Waals surface area (Å²) in [6.45, 7) is 6.36. The van der Waals surface area contributed by atoms with Crippen LogP contribution in [0.2, 0.25) is 0 Å². The first-order valence-electron chi connectivity index (χ1n) is 3.47. The molecule has 0 fully saturated rings. The van der Waals surface area contributed by atoms with Crippen molar-refractivity contribution in [2.45, 2.75) is 6.42 Å². The number of carbonyl (C=O) groups is 2. The highest BCUT2D eigenvalue weighted by molar-refractivity contribution is 6.25. The largest absolute Gasteiger partial charge is 0.481 e. The summed E-state index contributed by atoms with van der Waals surface area (Å²) in [7, 11) is 0. The van der Waals surface area contributed by atoms with Crippen molar-refractivity contribution in [1.29, 1.82) is 0 Å². The molecule has 0 aliphatic carbocycles. The normalized spacial score (nSPS) is 8.64. The first-order chi connectivity index (χ1) is 6.45. The highest BCUT2D eigenvalue weighted by Crippen LogP contribution is 1.86. The number of carboxylic acids is 2. The van der Waals surface area contributed by atoms with Crippen LogP contribution in [-0.4, -0.2) is 22.2 Å². The van der Waals surface area contributed by atoms with Crippen LogP contribution in [0.5, 0.6) is 0 Å². The fraction of sp³-hybridized carbons (Fsp3) is 0.111. The number of hydrogen-bond acceptors (Lipinski definition) is 2. The smallest absolute Gasteiger partial charge is 0.335 e. The van der Waals surface area contributed by atoms with Crippen molar-refractivity contribution in [1.82, 2.24) is 0 Å². The van der Waals surface area contributed by atoms with E-state index in [4.69, 9.17) is 21.8 Å². The third kappa shape index (κ3) is 13.1. The molecule has 0 saturated heterocycles. The Bertz CT molecular complexity index is 256.